The number of ether oxygens (including phenoxy) is 1. The van der Waals surface area contributed by atoms with Crippen LogP contribution in [0.5, 0.6) is 5.75 Å². The van der Waals surface area contributed by atoms with Crippen LogP contribution in [0.2, 0.25) is 0 Å². The molecule has 1 unspecified atom stereocenters. The van der Waals surface area contributed by atoms with Crippen LogP contribution in [0.25, 0.3) is 0 Å². The Labute approximate surface area is 107 Å². The van der Waals surface area contributed by atoms with Crippen LogP contribution in [0.15, 0.2) is 24.3 Å². The number of phenols is 1. The highest BCUT2D eigenvalue weighted by Gasteiger charge is 2.40. The molecule has 1 aromatic carbocycles. The van der Waals surface area contributed by atoms with Gasteiger partial charge >= 0.3 is 0 Å². The Morgan fingerprint density at radius 1 is 1.56 bits per heavy atom. The second kappa shape index (κ2) is 4.98. The number of amides is 1. The van der Waals surface area contributed by atoms with E-state index in [-0.39, 0.29) is 11.7 Å². The summed E-state index contributed by atoms with van der Waals surface area (Å²) in [6, 6.07) is 6.74. The van der Waals surface area contributed by atoms with Gasteiger partial charge in [-0.2, -0.15) is 0 Å². The number of aromatic hydroxyl groups is 1. The maximum atomic E-state index is 12.5. The lowest BCUT2D eigenvalue weighted by Crippen LogP contribution is -2.47. The summed E-state index contributed by atoms with van der Waals surface area (Å²) in [5, 5.41) is 9.50. The van der Waals surface area contributed by atoms with E-state index in [0.717, 1.165) is 12.8 Å². The smallest absolute Gasteiger partial charge is 0.258 e. The summed E-state index contributed by atoms with van der Waals surface area (Å²) < 4.78 is 5.58. The van der Waals surface area contributed by atoms with E-state index >= 15 is 0 Å². The molecule has 0 aromatic heterocycles. The number of phenolic OH excluding ortho intramolecular Hbond substituents is 1. The Kier molecular flexibility index (Phi) is 3.57. The molecule has 0 saturated carbocycles. The fourth-order valence-corrected chi connectivity index (χ4v) is 2.34. The van der Waals surface area contributed by atoms with E-state index in [1.54, 1.807) is 23.1 Å². The second-order valence-electron chi connectivity index (χ2n) is 4.75. The molecule has 0 aliphatic carbocycles. The topological polar surface area (TPSA) is 49.8 Å². The van der Waals surface area contributed by atoms with Gasteiger partial charge in [-0.15, -0.1) is 0 Å². The minimum Gasteiger partial charge on any atom is -0.508 e. The fraction of sp³-hybridized carbons (Fsp3) is 0.500. The highest BCUT2D eigenvalue weighted by atomic mass is 16.5. The number of likely N-dealkylation sites (N-methyl/N-ethyl adjacent to an activating group) is 1. The van der Waals surface area contributed by atoms with E-state index in [0.29, 0.717) is 18.8 Å². The number of anilines is 1. The van der Waals surface area contributed by atoms with E-state index in [4.69, 9.17) is 4.74 Å². The number of carbonyl (C=O) groups is 1. The fourth-order valence-electron chi connectivity index (χ4n) is 2.34. The minimum atomic E-state index is -0.721. The standard InChI is InChI=1S/C14H19NO3/c1-3-15(11-6-4-7-12(16)10-11)13(17)14(2)8-5-9-18-14/h4,6-7,10,16H,3,5,8-9H2,1-2H3. The summed E-state index contributed by atoms with van der Waals surface area (Å²) >= 11 is 0. The predicted molar refractivity (Wildman–Crippen MR) is 69.7 cm³/mol. The van der Waals surface area contributed by atoms with Crippen molar-refractivity contribution in [3.05, 3.63) is 24.3 Å². The highest BCUT2D eigenvalue weighted by Crippen LogP contribution is 2.30. The van der Waals surface area contributed by atoms with Gasteiger partial charge in [0, 0.05) is 24.9 Å². The summed E-state index contributed by atoms with van der Waals surface area (Å²) in [4.78, 5) is 14.2. The molecular formula is C14H19NO3. The normalized spacial score (nSPS) is 23.0. The van der Waals surface area contributed by atoms with Crippen molar-refractivity contribution in [1.82, 2.24) is 0 Å². The van der Waals surface area contributed by atoms with Crippen LogP contribution in [-0.2, 0) is 9.53 Å². The molecule has 0 spiro atoms. The lowest BCUT2D eigenvalue weighted by atomic mass is 10.0. The number of nitrogens with zero attached hydrogens (tertiary/aromatic N) is 1. The van der Waals surface area contributed by atoms with Gasteiger partial charge in [0.1, 0.15) is 11.4 Å². The first-order valence-electron chi connectivity index (χ1n) is 6.32. The third kappa shape index (κ3) is 2.34. The van der Waals surface area contributed by atoms with E-state index in [2.05, 4.69) is 0 Å². The van der Waals surface area contributed by atoms with E-state index in [1.807, 2.05) is 19.9 Å². The number of hydrogen-bond acceptors (Lipinski definition) is 3. The van der Waals surface area contributed by atoms with Crippen molar-refractivity contribution in [1.29, 1.82) is 0 Å². The lowest BCUT2D eigenvalue weighted by Gasteiger charge is -2.30. The maximum Gasteiger partial charge on any atom is 0.258 e. The third-order valence-electron chi connectivity index (χ3n) is 3.37. The molecule has 1 aromatic rings. The Morgan fingerprint density at radius 3 is 2.89 bits per heavy atom. The third-order valence-corrected chi connectivity index (χ3v) is 3.37. The summed E-state index contributed by atoms with van der Waals surface area (Å²) in [7, 11) is 0. The van der Waals surface area contributed by atoms with Crippen LogP contribution in [0.4, 0.5) is 5.69 Å². The van der Waals surface area contributed by atoms with Crippen LogP contribution in [0.1, 0.15) is 26.7 Å². The van der Waals surface area contributed by atoms with Crippen LogP contribution < -0.4 is 4.90 Å². The first kappa shape index (κ1) is 12.9. The van der Waals surface area contributed by atoms with Crippen molar-refractivity contribution in [3.63, 3.8) is 0 Å². The van der Waals surface area contributed by atoms with Gasteiger partial charge in [-0.25, -0.2) is 0 Å². The average Bonchev–Trinajstić information content (AvgIpc) is 2.78. The van der Waals surface area contributed by atoms with Gasteiger partial charge in [0.15, 0.2) is 0 Å². The number of rotatable bonds is 3. The Morgan fingerprint density at radius 2 is 2.33 bits per heavy atom. The van der Waals surface area contributed by atoms with Crippen LogP contribution in [-0.4, -0.2) is 29.8 Å². The van der Waals surface area contributed by atoms with Crippen molar-refractivity contribution in [3.8, 4) is 5.75 Å². The van der Waals surface area contributed by atoms with Crippen molar-refractivity contribution in [2.75, 3.05) is 18.1 Å². The Hall–Kier alpha value is -1.55. The molecule has 4 heteroatoms. The van der Waals surface area contributed by atoms with Crippen molar-refractivity contribution < 1.29 is 14.6 Å². The minimum absolute atomic E-state index is 0.0342. The molecule has 4 nitrogen and oxygen atoms in total. The van der Waals surface area contributed by atoms with Crippen LogP contribution in [0, 0.1) is 0 Å². The molecule has 98 valence electrons. The van der Waals surface area contributed by atoms with Crippen LogP contribution >= 0.6 is 0 Å². The van der Waals surface area contributed by atoms with Gasteiger partial charge in [-0.05, 0) is 38.8 Å². The molecule has 1 aliphatic rings. The molecule has 1 fully saturated rings. The molecule has 2 rings (SSSR count). The molecule has 1 aliphatic heterocycles. The molecule has 0 radical (unpaired) electrons. The van der Waals surface area contributed by atoms with Crippen LogP contribution in [0.3, 0.4) is 0 Å². The Bertz CT molecular complexity index is 438. The van der Waals surface area contributed by atoms with Gasteiger partial charge in [0.2, 0.25) is 0 Å². The average molecular weight is 249 g/mol. The molecule has 1 atom stereocenters. The molecule has 1 heterocycles. The van der Waals surface area contributed by atoms with Gasteiger partial charge < -0.3 is 14.7 Å². The number of carbonyl (C=O) groups excluding carboxylic acids is 1. The zero-order valence-corrected chi connectivity index (χ0v) is 10.8. The predicted octanol–water partition coefficient (Wildman–Crippen LogP) is 2.31. The summed E-state index contributed by atoms with van der Waals surface area (Å²) in [5.74, 6) is 0.129. The van der Waals surface area contributed by atoms with E-state index < -0.39 is 5.60 Å². The monoisotopic (exact) mass is 249 g/mol. The summed E-state index contributed by atoms with van der Waals surface area (Å²) in [6.07, 6.45) is 1.67. The number of benzene rings is 1. The molecular weight excluding hydrogens is 230 g/mol. The highest BCUT2D eigenvalue weighted by molar-refractivity contribution is 5.99. The maximum absolute atomic E-state index is 12.5. The summed E-state index contributed by atoms with van der Waals surface area (Å²) in [5.41, 5.74) is -0.0131. The van der Waals surface area contributed by atoms with Gasteiger partial charge in [0.25, 0.3) is 5.91 Å². The SMILES string of the molecule is CCN(C(=O)C1(C)CCCO1)c1cccc(O)c1. The molecule has 1 N–H and O–H groups in total. The largest absolute Gasteiger partial charge is 0.508 e. The lowest BCUT2D eigenvalue weighted by molar-refractivity contribution is -0.136. The van der Waals surface area contributed by atoms with E-state index in [9.17, 15) is 9.90 Å². The molecule has 1 saturated heterocycles. The zero-order valence-electron chi connectivity index (χ0n) is 10.8. The quantitative estimate of drug-likeness (QED) is 0.894. The Balaban J connectivity index is 2.26. The van der Waals surface area contributed by atoms with Gasteiger partial charge in [-0.1, -0.05) is 6.07 Å². The molecule has 18 heavy (non-hydrogen) atoms. The first-order valence-corrected chi connectivity index (χ1v) is 6.32. The second-order valence-corrected chi connectivity index (χ2v) is 4.75. The summed E-state index contributed by atoms with van der Waals surface area (Å²) in [6.45, 7) is 4.95. The van der Waals surface area contributed by atoms with Crippen molar-refractivity contribution >= 4 is 11.6 Å². The van der Waals surface area contributed by atoms with E-state index in [1.165, 1.54) is 0 Å². The van der Waals surface area contributed by atoms with Crippen molar-refractivity contribution in [2.45, 2.75) is 32.3 Å². The zero-order chi connectivity index (χ0) is 13.2. The molecule has 1 amide bonds. The van der Waals surface area contributed by atoms with Gasteiger partial charge in [0.05, 0.1) is 0 Å². The first-order chi connectivity index (χ1) is 8.57. The van der Waals surface area contributed by atoms with Crippen molar-refractivity contribution in [2.24, 2.45) is 0 Å². The van der Waals surface area contributed by atoms with Gasteiger partial charge in [-0.3, -0.25) is 4.79 Å². The number of hydrogen-bond donors (Lipinski definition) is 1. The molecule has 0 bridgehead atoms.